The summed E-state index contributed by atoms with van der Waals surface area (Å²) in [4.78, 5) is 28.6. The SMILES string of the molecule is CNC(=O)[C@@H]1CN(C)CCN(C(=O)CCn2nnc3ccccc32)C1. The molecule has 1 aliphatic heterocycles. The Hall–Kier alpha value is -2.48. The maximum absolute atomic E-state index is 12.7. The molecule has 0 radical (unpaired) electrons. The summed E-state index contributed by atoms with van der Waals surface area (Å²) < 4.78 is 1.76. The maximum atomic E-state index is 12.7. The van der Waals surface area contributed by atoms with Crippen LogP contribution in [0, 0.1) is 5.92 Å². The van der Waals surface area contributed by atoms with Gasteiger partial charge in [0.25, 0.3) is 0 Å². The van der Waals surface area contributed by atoms with E-state index in [9.17, 15) is 9.59 Å². The van der Waals surface area contributed by atoms with E-state index in [1.807, 2.05) is 31.3 Å². The van der Waals surface area contributed by atoms with Crippen LogP contribution in [0.25, 0.3) is 11.0 Å². The van der Waals surface area contributed by atoms with Crippen LogP contribution in [0.4, 0.5) is 0 Å². The molecule has 0 saturated carbocycles. The zero-order valence-corrected chi connectivity index (χ0v) is 14.7. The summed E-state index contributed by atoms with van der Waals surface area (Å²) in [6.45, 7) is 3.01. The number of carbonyl (C=O) groups excluding carboxylic acids is 2. The van der Waals surface area contributed by atoms with Crippen molar-refractivity contribution in [3.8, 4) is 0 Å². The quantitative estimate of drug-likeness (QED) is 0.841. The van der Waals surface area contributed by atoms with Crippen LogP contribution in [0.5, 0.6) is 0 Å². The summed E-state index contributed by atoms with van der Waals surface area (Å²) in [5.74, 6) is -0.175. The molecule has 25 heavy (non-hydrogen) atoms. The largest absolute Gasteiger partial charge is 0.359 e. The Balaban J connectivity index is 1.64. The van der Waals surface area contributed by atoms with Gasteiger partial charge in [0.1, 0.15) is 5.52 Å². The molecule has 1 fully saturated rings. The van der Waals surface area contributed by atoms with Gasteiger partial charge < -0.3 is 15.1 Å². The molecule has 1 atom stereocenters. The van der Waals surface area contributed by atoms with Crippen molar-refractivity contribution in [3.05, 3.63) is 24.3 Å². The summed E-state index contributed by atoms with van der Waals surface area (Å²) in [5.41, 5.74) is 1.75. The van der Waals surface area contributed by atoms with E-state index in [4.69, 9.17) is 0 Å². The van der Waals surface area contributed by atoms with E-state index in [-0.39, 0.29) is 17.7 Å². The molecule has 8 heteroatoms. The van der Waals surface area contributed by atoms with E-state index in [2.05, 4.69) is 20.5 Å². The lowest BCUT2D eigenvalue weighted by atomic mass is 10.1. The van der Waals surface area contributed by atoms with Crippen molar-refractivity contribution < 1.29 is 9.59 Å². The van der Waals surface area contributed by atoms with E-state index < -0.39 is 0 Å². The number of hydrogen-bond donors (Lipinski definition) is 1. The van der Waals surface area contributed by atoms with Gasteiger partial charge in [-0.25, -0.2) is 4.68 Å². The zero-order chi connectivity index (χ0) is 17.8. The number of hydrogen-bond acceptors (Lipinski definition) is 5. The monoisotopic (exact) mass is 344 g/mol. The highest BCUT2D eigenvalue weighted by molar-refractivity contribution is 5.81. The first kappa shape index (κ1) is 17.3. The topological polar surface area (TPSA) is 83.4 Å². The van der Waals surface area contributed by atoms with Crippen LogP contribution in [0.2, 0.25) is 0 Å². The second-order valence-electron chi connectivity index (χ2n) is 6.46. The van der Waals surface area contributed by atoms with Crippen molar-refractivity contribution in [2.45, 2.75) is 13.0 Å². The summed E-state index contributed by atoms with van der Waals surface area (Å²) in [5, 5.41) is 10.9. The van der Waals surface area contributed by atoms with Crippen LogP contribution in [0.1, 0.15) is 6.42 Å². The summed E-state index contributed by atoms with van der Waals surface area (Å²) in [6, 6.07) is 7.70. The number of rotatable bonds is 4. The van der Waals surface area contributed by atoms with Gasteiger partial charge in [0.2, 0.25) is 11.8 Å². The molecule has 0 bridgehead atoms. The average molecular weight is 344 g/mol. The molecule has 2 amide bonds. The van der Waals surface area contributed by atoms with Crippen LogP contribution in [0.15, 0.2) is 24.3 Å². The molecule has 1 saturated heterocycles. The molecule has 0 spiro atoms. The summed E-state index contributed by atoms with van der Waals surface area (Å²) in [6.07, 6.45) is 0.345. The number of aromatic nitrogens is 3. The van der Waals surface area contributed by atoms with Crippen LogP contribution in [0.3, 0.4) is 0 Å². The molecule has 2 heterocycles. The van der Waals surface area contributed by atoms with Crippen molar-refractivity contribution in [3.63, 3.8) is 0 Å². The molecule has 1 N–H and O–H groups in total. The second-order valence-corrected chi connectivity index (χ2v) is 6.46. The van der Waals surface area contributed by atoms with E-state index in [0.29, 0.717) is 32.6 Å². The molecule has 1 aromatic heterocycles. The van der Waals surface area contributed by atoms with E-state index in [1.165, 1.54) is 0 Å². The van der Waals surface area contributed by atoms with Gasteiger partial charge in [-0.05, 0) is 19.2 Å². The van der Waals surface area contributed by atoms with Gasteiger partial charge in [-0.3, -0.25) is 9.59 Å². The highest BCUT2D eigenvalue weighted by Crippen LogP contribution is 2.13. The van der Waals surface area contributed by atoms with Gasteiger partial charge in [-0.2, -0.15) is 0 Å². The molecular weight excluding hydrogens is 320 g/mol. The fourth-order valence-electron chi connectivity index (χ4n) is 3.21. The van der Waals surface area contributed by atoms with Gasteiger partial charge in [0, 0.05) is 39.6 Å². The first-order chi connectivity index (χ1) is 12.1. The first-order valence-corrected chi connectivity index (χ1v) is 8.54. The minimum Gasteiger partial charge on any atom is -0.359 e. The number of amides is 2. The Bertz CT molecular complexity index is 758. The predicted molar refractivity (Wildman–Crippen MR) is 93.8 cm³/mol. The smallest absolute Gasteiger partial charge is 0.225 e. The number of nitrogens with one attached hydrogen (secondary N) is 1. The molecule has 3 rings (SSSR count). The predicted octanol–water partition coefficient (Wildman–Crippen LogP) is -0.0424. The molecule has 134 valence electrons. The van der Waals surface area contributed by atoms with Gasteiger partial charge in [-0.15, -0.1) is 5.10 Å². The van der Waals surface area contributed by atoms with Crippen LogP contribution in [-0.4, -0.2) is 76.9 Å². The third-order valence-electron chi connectivity index (χ3n) is 4.65. The van der Waals surface area contributed by atoms with Gasteiger partial charge in [-0.1, -0.05) is 17.3 Å². The number of carbonyl (C=O) groups is 2. The van der Waals surface area contributed by atoms with E-state index in [0.717, 1.165) is 17.6 Å². The highest BCUT2D eigenvalue weighted by Gasteiger charge is 2.28. The Morgan fingerprint density at radius 1 is 1.24 bits per heavy atom. The van der Waals surface area contributed by atoms with Crippen molar-refractivity contribution in [2.24, 2.45) is 5.92 Å². The first-order valence-electron chi connectivity index (χ1n) is 8.54. The molecule has 8 nitrogen and oxygen atoms in total. The third-order valence-corrected chi connectivity index (χ3v) is 4.65. The highest BCUT2D eigenvalue weighted by atomic mass is 16.2. The van der Waals surface area contributed by atoms with Gasteiger partial charge in [0.15, 0.2) is 0 Å². The van der Waals surface area contributed by atoms with Crippen LogP contribution >= 0.6 is 0 Å². The van der Waals surface area contributed by atoms with E-state index >= 15 is 0 Å². The number of likely N-dealkylation sites (N-methyl/N-ethyl adjacent to an activating group) is 1. The lowest BCUT2D eigenvalue weighted by molar-refractivity contribution is -0.133. The number of benzene rings is 1. The van der Waals surface area contributed by atoms with Crippen molar-refractivity contribution in [1.29, 1.82) is 0 Å². The zero-order valence-electron chi connectivity index (χ0n) is 14.7. The van der Waals surface area contributed by atoms with Crippen molar-refractivity contribution in [1.82, 2.24) is 30.1 Å². The number of aryl methyl sites for hydroxylation is 1. The van der Waals surface area contributed by atoms with Crippen molar-refractivity contribution in [2.75, 3.05) is 40.3 Å². The van der Waals surface area contributed by atoms with Gasteiger partial charge in [0.05, 0.1) is 18.0 Å². The van der Waals surface area contributed by atoms with Crippen LogP contribution < -0.4 is 5.32 Å². The number of fused-ring (bicyclic) bond motifs is 1. The normalized spacial score (nSPS) is 19.0. The minimum absolute atomic E-state index is 0.0196. The van der Waals surface area contributed by atoms with Crippen molar-refractivity contribution >= 4 is 22.8 Å². The second kappa shape index (κ2) is 7.60. The molecule has 0 aliphatic carbocycles. The standard InChI is InChI=1S/C17H24N6O2/c1-18-17(25)13-11-21(2)9-10-22(12-13)16(24)7-8-23-15-6-4-3-5-14(15)19-20-23/h3-6,13H,7-12H2,1-2H3,(H,18,25)/t13-/m1/s1. The average Bonchev–Trinajstić information content (AvgIpc) is 2.93. The lowest BCUT2D eigenvalue weighted by Crippen LogP contribution is -2.41. The number of para-hydroxylation sites is 1. The summed E-state index contributed by atoms with van der Waals surface area (Å²) in [7, 11) is 3.61. The third kappa shape index (κ3) is 3.96. The Labute approximate surface area is 146 Å². The number of nitrogens with zero attached hydrogens (tertiary/aromatic N) is 5. The fourth-order valence-corrected chi connectivity index (χ4v) is 3.21. The Morgan fingerprint density at radius 3 is 2.84 bits per heavy atom. The lowest BCUT2D eigenvalue weighted by Gasteiger charge is -2.23. The molecule has 0 unspecified atom stereocenters. The Morgan fingerprint density at radius 2 is 2.04 bits per heavy atom. The molecule has 2 aromatic rings. The van der Waals surface area contributed by atoms with E-state index in [1.54, 1.807) is 16.6 Å². The molecule has 1 aliphatic rings. The van der Waals surface area contributed by atoms with Gasteiger partial charge >= 0.3 is 0 Å². The van der Waals surface area contributed by atoms with Crippen LogP contribution in [-0.2, 0) is 16.1 Å². The molecule has 1 aromatic carbocycles. The molecular formula is C17H24N6O2. The summed E-state index contributed by atoms with van der Waals surface area (Å²) >= 11 is 0. The maximum Gasteiger partial charge on any atom is 0.225 e. The minimum atomic E-state index is -0.200. The Kier molecular flexibility index (Phi) is 5.28. The fraction of sp³-hybridized carbons (Fsp3) is 0.529.